The van der Waals surface area contributed by atoms with Crippen LogP contribution in [0.1, 0.15) is 51.9 Å². The van der Waals surface area contributed by atoms with Gasteiger partial charge in [-0.05, 0) is 18.1 Å². The first-order chi connectivity index (χ1) is 6.33. The van der Waals surface area contributed by atoms with Crippen molar-refractivity contribution in [3.63, 3.8) is 0 Å². The number of hydrogen-bond acceptors (Lipinski definition) is 2. The number of carbonyl (C=O) groups is 1. The maximum atomic E-state index is 11.2. The van der Waals surface area contributed by atoms with E-state index in [9.17, 15) is 4.79 Å². The van der Waals surface area contributed by atoms with E-state index >= 15 is 0 Å². The van der Waals surface area contributed by atoms with Gasteiger partial charge in [-0.1, -0.05) is 50.8 Å². The van der Waals surface area contributed by atoms with Gasteiger partial charge in [0.2, 0.25) is 0 Å². The quantitative estimate of drug-likeness (QED) is 0.689. The predicted octanol–water partition coefficient (Wildman–Crippen LogP) is 3.63. The summed E-state index contributed by atoms with van der Waals surface area (Å²) in [7, 11) is 0. The van der Waals surface area contributed by atoms with Crippen LogP contribution in [0.3, 0.4) is 0 Å². The van der Waals surface area contributed by atoms with Crippen molar-refractivity contribution >= 4 is 16.9 Å². The SMILES string of the molecule is CCSC(=O)CCC1CCCCC1. The van der Waals surface area contributed by atoms with Crippen LogP contribution in [0, 0.1) is 5.92 Å². The molecule has 1 aliphatic rings. The number of thioether (sulfide) groups is 1. The third-order valence-electron chi connectivity index (χ3n) is 2.79. The molecule has 1 fully saturated rings. The highest BCUT2D eigenvalue weighted by Crippen LogP contribution is 2.27. The molecule has 0 aliphatic heterocycles. The first-order valence-corrected chi connectivity index (χ1v) is 6.47. The second-order valence-corrected chi connectivity index (χ2v) is 5.17. The molecule has 0 saturated heterocycles. The lowest BCUT2D eigenvalue weighted by molar-refractivity contribution is -0.111. The molecule has 0 atom stereocenters. The van der Waals surface area contributed by atoms with Crippen LogP contribution in [0.2, 0.25) is 0 Å². The van der Waals surface area contributed by atoms with Crippen molar-refractivity contribution in [3.8, 4) is 0 Å². The summed E-state index contributed by atoms with van der Waals surface area (Å²) in [6.45, 7) is 2.04. The van der Waals surface area contributed by atoms with E-state index in [0.29, 0.717) is 5.12 Å². The summed E-state index contributed by atoms with van der Waals surface area (Å²) in [5.41, 5.74) is 0. The molecule has 0 spiro atoms. The van der Waals surface area contributed by atoms with Gasteiger partial charge < -0.3 is 0 Å². The standard InChI is InChI=1S/C11H20OS/c1-2-13-11(12)9-8-10-6-4-3-5-7-10/h10H,2-9H2,1H3. The summed E-state index contributed by atoms with van der Waals surface area (Å²) >= 11 is 1.48. The van der Waals surface area contributed by atoms with E-state index < -0.39 is 0 Å². The summed E-state index contributed by atoms with van der Waals surface area (Å²) in [6, 6.07) is 0. The van der Waals surface area contributed by atoms with Gasteiger partial charge in [0.05, 0.1) is 0 Å². The smallest absolute Gasteiger partial charge is 0.188 e. The predicted molar refractivity (Wildman–Crippen MR) is 58.9 cm³/mol. The van der Waals surface area contributed by atoms with Crippen LogP contribution in [0.15, 0.2) is 0 Å². The Morgan fingerprint density at radius 1 is 1.31 bits per heavy atom. The van der Waals surface area contributed by atoms with Crippen molar-refractivity contribution in [1.29, 1.82) is 0 Å². The fourth-order valence-electron chi connectivity index (χ4n) is 2.03. The van der Waals surface area contributed by atoms with Crippen molar-refractivity contribution in [2.24, 2.45) is 5.92 Å². The average Bonchev–Trinajstić information content (AvgIpc) is 2.17. The molecule has 76 valence electrons. The first kappa shape index (κ1) is 11.1. The molecule has 0 aromatic heterocycles. The van der Waals surface area contributed by atoms with E-state index in [-0.39, 0.29) is 0 Å². The molecule has 0 N–H and O–H groups in total. The highest BCUT2D eigenvalue weighted by molar-refractivity contribution is 8.13. The molecule has 0 heterocycles. The topological polar surface area (TPSA) is 17.1 Å². The van der Waals surface area contributed by atoms with Gasteiger partial charge in [0.1, 0.15) is 0 Å². The van der Waals surface area contributed by atoms with E-state index in [1.807, 2.05) is 6.92 Å². The molecule has 1 saturated carbocycles. The van der Waals surface area contributed by atoms with E-state index in [2.05, 4.69) is 0 Å². The first-order valence-electron chi connectivity index (χ1n) is 5.48. The minimum Gasteiger partial charge on any atom is -0.287 e. The maximum Gasteiger partial charge on any atom is 0.188 e. The van der Waals surface area contributed by atoms with Crippen LogP contribution in [-0.4, -0.2) is 10.9 Å². The van der Waals surface area contributed by atoms with Crippen molar-refractivity contribution in [2.75, 3.05) is 5.75 Å². The Morgan fingerprint density at radius 3 is 2.62 bits per heavy atom. The van der Waals surface area contributed by atoms with Crippen molar-refractivity contribution < 1.29 is 4.79 Å². The average molecular weight is 200 g/mol. The molecule has 0 unspecified atom stereocenters. The maximum absolute atomic E-state index is 11.2. The molecule has 0 aromatic carbocycles. The van der Waals surface area contributed by atoms with Gasteiger partial charge in [-0.15, -0.1) is 0 Å². The van der Waals surface area contributed by atoms with E-state index in [1.54, 1.807) is 0 Å². The van der Waals surface area contributed by atoms with Gasteiger partial charge in [0.25, 0.3) is 0 Å². The largest absolute Gasteiger partial charge is 0.287 e. The Balaban J connectivity index is 2.06. The Morgan fingerprint density at radius 2 is 2.00 bits per heavy atom. The van der Waals surface area contributed by atoms with Crippen molar-refractivity contribution in [2.45, 2.75) is 51.9 Å². The number of hydrogen-bond donors (Lipinski definition) is 0. The highest BCUT2D eigenvalue weighted by Gasteiger charge is 2.14. The minimum absolute atomic E-state index is 0.396. The Kier molecular flexibility index (Phi) is 5.52. The molecule has 0 bridgehead atoms. The summed E-state index contributed by atoms with van der Waals surface area (Å²) in [5.74, 6) is 1.79. The molecule has 2 heteroatoms. The fourth-order valence-corrected chi connectivity index (χ4v) is 2.62. The van der Waals surface area contributed by atoms with Crippen LogP contribution in [0.4, 0.5) is 0 Å². The summed E-state index contributed by atoms with van der Waals surface area (Å²) in [6.07, 6.45) is 8.87. The highest BCUT2D eigenvalue weighted by atomic mass is 32.2. The van der Waals surface area contributed by atoms with Crippen LogP contribution in [-0.2, 0) is 4.79 Å². The van der Waals surface area contributed by atoms with E-state index in [1.165, 1.54) is 43.9 Å². The molecule has 1 aliphatic carbocycles. The number of rotatable bonds is 4. The van der Waals surface area contributed by atoms with Gasteiger partial charge in [0, 0.05) is 6.42 Å². The van der Waals surface area contributed by atoms with Gasteiger partial charge in [-0.2, -0.15) is 0 Å². The van der Waals surface area contributed by atoms with Crippen LogP contribution in [0.25, 0.3) is 0 Å². The Hall–Kier alpha value is 0.0200. The molecule has 1 rings (SSSR count). The number of carbonyl (C=O) groups excluding carboxylic acids is 1. The van der Waals surface area contributed by atoms with E-state index in [0.717, 1.165) is 24.5 Å². The molecule has 1 nitrogen and oxygen atoms in total. The van der Waals surface area contributed by atoms with Crippen LogP contribution in [0.5, 0.6) is 0 Å². The van der Waals surface area contributed by atoms with Crippen LogP contribution < -0.4 is 0 Å². The van der Waals surface area contributed by atoms with Gasteiger partial charge in [-0.25, -0.2) is 0 Å². The van der Waals surface area contributed by atoms with Crippen molar-refractivity contribution in [1.82, 2.24) is 0 Å². The zero-order chi connectivity index (χ0) is 9.52. The molecule has 0 radical (unpaired) electrons. The lowest BCUT2D eigenvalue weighted by Gasteiger charge is -2.20. The van der Waals surface area contributed by atoms with Gasteiger partial charge in [0.15, 0.2) is 5.12 Å². The molecule has 13 heavy (non-hydrogen) atoms. The van der Waals surface area contributed by atoms with Crippen LogP contribution >= 0.6 is 11.8 Å². The fraction of sp³-hybridized carbons (Fsp3) is 0.909. The summed E-state index contributed by atoms with van der Waals surface area (Å²) in [5, 5.41) is 0.396. The summed E-state index contributed by atoms with van der Waals surface area (Å²) in [4.78, 5) is 11.2. The molecular weight excluding hydrogens is 180 g/mol. The van der Waals surface area contributed by atoms with Gasteiger partial charge in [-0.3, -0.25) is 4.79 Å². The Bertz CT molecular complexity index is 150. The van der Waals surface area contributed by atoms with E-state index in [4.69, 9.17) is 0 Å². The lowest BCUT2D eigenvalue weighted by Crippen LogP contribution is -2.07. The van der Waals surface area contributed by atoms with Crippen molar-refractivity contribution in [3.05, 3.63) is 0 Å². The zero-order valence-corrected chi connectivity index (χ0v) is 9.37. The second kappa shape index (κ2) is 6.47. The lowest BCUT2D eigenvalue weighted by atomic mass is 9.86. The third kappa shape index (κ3) is 4.70. The second-order valence-electron chi connectivity index (χ2n) is 3.85. The molecular formula is C11H20OS. The summed E-state index contributed by atoms with van der Waals surface area (Å²) < 4.78 is 0. The van der Waals surface area contributed by atoms with Gasteiger partial charge >= 0.3 is 0 Å². The third-order valence-corrected chi connectivity index (χ3v) is 3.60. The minimum atomic E-state index is 0.396. The molecule has 0 amide bonds. The molecule has 0 aromatic rings. The monoisotopic (exact) mass is 200 g/mol. The normalized spacial score (nSPS) is 18.8. The zero-order valence-electron chi connectivity index (χ0n) is 8.55. The Labute approximate surface area is 85.7 Å².